The van der Waals surface area contributed by atoms with Crippen molar-refractivity contribution in [2.75, 3.05) is 0 Å². The molecule has 2 aromatic carbocycles. The highest BCUT2D eigenvalue weighted by Crippen LogP contribution is 2.38. The molecule has 0 bridgehead atoms. The van der Waals surface area contributed by atoms with Gasteiger partial charge in [-0.1, -0.05) is 58.4 Å². The maximum atomic E-state index is 6.67. The molecule has 1 nitrogen and oxygen atoms in total. The zero-order valence-corrected chi connectivity index (χ0v) is 13.9. The SMILES string of the molecule is NC1(Cc2cccc(Br)c2)CCC(c2ccccc2)CC1. The number of halogens is 1. The van der Waals surface area contributed by atoms with Gasteiger partial charge in [0, 0.05) is 10.0 Å². The van der Waals surface area contributed by atoms with Crippen molar-refractivity contribution in [1.29, 1.82) is 0 Å². The molecule has 21 heavy (non-hydrogen) atoms. The van der Waals surface area contributed by atoms with Gasteiger partial charge >= 0.3 is 0 Å². The monoisotopic (exact) mass is 343 g/mol. The van der Waals surface area contributed by atoms with Gasteiger partial charge in [-0.25, -0.2) is 0 Å². The van der Waals surface area contributed by atoms with E-state index in [1.54, 1.807) is 0 Å². The second-order valence-electron chi connectivity index (χ2n) is 6.35. The average Bonchev–Trinajstić information content (AvgIpc) is 2.48. The smallest absolute Gasteiger partial charge is 0.0195 e. The molecule has 0 amide bonds. The van der Waals surface area contributed by atoms with Gasteiger partial charge in [-0.2, -0.15) is 0 Å². The second-order valence-corrected chi connectivity index (χ2v) is 7.27. The molecule has 2 aromatic rings. The molecule has 0 saturated heterocycles. The third-order valence-corrected chi connectivity index (χ3v) is 5.19. The number of hydrogen-bond donors (Lipinski definition) is 1. The zero-order chi connectivity index (χ0) is 14.7. The van der Waals surface area contributed by atoms with Crippen molar-refractivity contribution in [2.24, 2.45) is 5.73 Å². The van der Waals surface area contributed by atoms with Crippen molar-refractivity contribution in [3.8, 4) is 0 Å². The molecule has 0 aliphatic heterocycles. The zero-order valence-electron chi connectivity index (χ0n) is 12.3. The standard InChI is InChI=1S/C19H22BrN/c20-18-8-4-5-15(13-18)14-19(21)11-9-17(10-12-19)16-6-2-1-3-7-16/h1-8,13,17H,9-12,14,21H2. The van der Waals surface area contributed by atoms with E-state index < -0.39 is 0 Å². The molecular formula is C19H22BrN. The largest absolute Gasteiger partial charge is 0.325 e. The number of rotatable bonds is 3. The van der Waals surface area contributed by atoms with Crippen molar-refractivity contribution >= 4 is 15.9 Å². The minimum atomic E-state index is -0.0356. The molecule has 110 valence electrons. The van der Waals surface area contributed by atoms with Gasteiger partial charge in [0.15, 0.2) is 0 Å². The summed E-state index contributed by atoms with van der Waals surface area (Å²) in [7, 11) is 0. The van der Waals surface area contributed by atoms with Crippen LogP contribution in [0.4, 0.5) is 0 Å². The molecule has 3 rings (SSSR count). The van der Waals surface area contributed by atoms with Crippen molar-refractivity contribution in [3.05, 3.63) is 70.2 Å². The van der Waals surface area contributed by atoms with Gasteiger partial charge < -0.3 is 5.73 Å². The normalized spacial score (nSPS) is 25.7. The van der Waals surface area contributed by atoms with Crippen LogP contribution >= 0.6 is 15.9 Å². The predicted octanol–water partition coefficient (Wildman–Crippen LogP) is 5.05. The second kappa shape index (κ2) is 6.33. The van der Waals surface area contributed by atoms with E-state index >= 15 is 0 Å². The first-order valence-corrected chi connectivity index (χ1v) is 8.52. The van der Waals surface area contributed by atoms with Crippen LogP contribution in [0.2, 0.25) is 0 Å². The Hall–Kier alpha value is -1.12. The number of nitrogens with two attached hydrogens (primary N) is 1. The van der Waals surface area contributed by atoms with Crippen LogP contribution < -0.4 is 5.73 Å². The Morgan fingerprint density at radius 1 is 1.00 bits per heavy atom. The first kappa shape index (κ1) is 14.8. The van der Waals surface area contributed by atoms with Crippen molar-refractivity contribution in [1.82, 2.24) is 0 Å². The molecule has 1 aliphatic carbocycles. The van der Waals surface area contributed by atoms with Gasteiger partial charge in [-0.15, -0.1) is 0 Å². The Balaban J connectivity index is 1.64. The third kappa shape index (κ3) is 3.75. The maximum Gasteiger partial charge on any atom is 0.0195 e. The summed E-state index contributed by atoms with van der Waals surface area (Å²) in [5.41, 5.74) is 9.44. The summed E-state index contributed by atoms with van der Waals surface area (Å²) < 4.78 is 1.14. The van der Waals surface area contributed by atoms with Crippen LogP contribution in [-0.4, -0.2) is 5.54 Å². The summed E-state index contributed by atoms with van der Waals surface area (Å²) in [6.45, 7) is 0. The van der Waals surface area contributed by atoms with E-state index in [4.69, 9.17) is 5.73 Å². The molecule has 0 unspecified atom stereocenters. The van der Waals surface area contributed by atoms with Gasteiger partial charge in [-0.05, 0) is 61.3 Å². The molecule has 1 aliphatic rings. The first-order valence-electron chi connectivity index (χ1n) is 7.73. The van der Waals surface area contributed by atoms with Crippen molar-refractivity contribution in [2.45, 2.75) is 43.6 Å². The van der Waals surface area contributed by atoms with E-state index in [0.717, 1.165) is 23.7 Å². The highest BCUT2D eigenvalue weighted by Gasteiger charge is 2.32. The first-order chi connectivity index (χ1) is 10.1. The van der Waals surface area contributed by atoms with Crippen LogP contribution in [0.5, 0.6) is 0 Å². The number of benzene rings is 2. The minimum Gasteiger partial charge on any atom is -0.325 e. The summed E-state index contributed by atoms with van der Waals surface area (Å²) in [5, 5.41) is 0. The average molecular weight is 344 g/mol. The molecule has 2 N–H and O–H groups in total. The molecule has 0 atom stereocenters. The van der Waals surface area contributed by atoms with Gasteiger partial charge in [0.05, 0.1) is 0 Å². The lowest BCUT2D eigenvalue weighted by Crippen LogP contribution is -2.45. The lowest BCUT2D eigenvalue weighted by atomic mass is 9.72. The molecule has 0 heterocycles. The van der Waals surface area contributed by atoms with Gasteiger partial charge in [0.2, 0.25) is 0 Å². The van der Waals surface area contributed by atoms with E-state index in [1.807, 2.05) is 0 Å². The van der Waals surface area contributed by atoms with E-state index in [-0.39, 0.29) is 5.54 Å². The topological polar surface area (TPSA) is 26.0 Å². The van der Waals surface area contributed by atoms with Crippen LogP contribution in [0, 0.1) is 0 Å². The van der Waals surface area contributed by atoms with E-state index in [2.05, 4.69) is 70.5 Å². The van der Waals surface area contributed by atoms with E-state index in [1.165, 1.54) is 24.0 Å². The predicted molar refractivity (Wildman–Crippen MR) is 92.4 cm³/mol. The Morgan fingerprint density at radius 3 is 2.38 bits per heavy atom. The van der Waals surface area contributed by atoms with Gasteiger partial charge in [0.1, 0.15) is 0 Å². The molecule has 2 heteroatoms. The molecule has 1 fully saturated rings. The summed E-state index contributed by atoms with van der Waals surface area (Å²) in [4.78, 5) is 0. The highest BCUT2D eigenvalue weighted by atomic mass is 79.9. The highest BCUT2D eigenvalue weighted by molar-refractivity contribution is 9.10. The van der Waals surface area contributed by atoms with Crippen LogP contribution in [0.3, 0.4) is 0 Å². The quantitative estimate of drug-likeness (QED) is 0.829. The Bertz CT molecular complexity index is 586. The van der Waals surface area contributed by atoms with Crippen LogP contribution in [0.25, 0.3) is 0 Å². The molecule has 1 saturated carbocycles. The van der Waals surface area contributed by atoms with Crippen LogP contribution in [0.1, 0.15) is 42.7 Å². The van der Waals surface area contributed by atoms with Gasteiger partial charge in [-0.3, -0.25) is 0 Å². The fourth-order valence-electron chi connectivity index (χ4n) is 3.48. The fourth-order valence-corrected chi connectivity index (χ4v) is 3.93. The molecule has 0 aromatic heterocycles. The van der Waals surface area contributed by atoms with Crippen molar-refractivity contribution in [3.63, 3.8) is 0 Å². The Morgan fingerprint density at radius 2 is 1.71 bits per heavy atom. The maximum absolute atomic E-state index is 6.67. The van der Waals surface area contributed by atoms with Crippen LogP contribution in [0.15, 0.2) is 59.1 Å². The summed E-state index contributed by atoms with van der Waals surface area (Å²) >= 11 is 3.54. The summed E-state index contributed by atoms with van der Waals surface area (Å²) in [6, 6.07) is 19.4. The minimum absolute atomic E-state index is 0.0356. The van der Waals surface area contributed by atoms with Crippen LogP contribution in [-0.2, 0) is 6.42 Å². The summed E-state index contributed by atoms with van der Waals surface area (Å²) in [5.74, 6) is 0.686. The third-order valence-electron chi connectivity index (χ3n) is 4.70. The van der Waals surface area contributed by atoms with Gasteiger partial charge in [0.25, 0.3) is 0 Å². The number of hydrogen-bond acceptors (Lipinski definition) is 1. The molecule has 0 radical (unpaired) electrons. The van der Waals surface area contributed by atoms with E-state index in [9.17, 15) is 0 Å². The molecule has 0 spiro atoms. The molecular weight excluding hydrogens is 322 g/mol. The van der Waals surface area contributed by atoms with Crippen molar-refractivity contribution < 1.29 is 0 Å². The van der Waals surface area contributed by atoms with E-state index in [0.29, 0.717) is 5.92 Å². The summed E-state index contributed by atoms with van der Waals surface area (Å²) in [6.07, 6.45) is 5.61. The lowest BCUT2D eigenvalue weighted by molar-refractivity contribution is 0.271. The Labute approximate surface area is 135 Å². The fraction of sp³-hybridized carbons (Fsp3) is 0.368. The lowest BCUT2D eigenvalue weighted by Gasteiger charge is -2.37. The Kier molecular flexibility index (Phi) is 4.46.